The highest BCUT2D eigenvalue weighted by atomic mass is 35.5. The minimum Gasteiger partial charge on any atom is -0.340 e. The van der Waals surface area contributed by atoms with Gasteiger partial charge in [-0.1, -0.05) is 71.0 Å². The molecule has 40 heavy (non-hydrogen) atoms. The molecule has 7 heteroatoms. The number of hydrogen-bond donors (Lipinski definition) is 0. The summed E-state index contributed by atoms with van der Waals surface area (Å²) in [7, 11) is 0. The van der Waals surface area contributed by atoms with Gasteiger partial charge in [-0.2, -0.15) is 0 Å². The van der Waals surface area contributed by atoms with Crippen LogP contribution in [0.4, 0.5) is 22.7 Å². The molecule has 0 radical (unpaired) electrons. The number of fused-ring (bicyclic) bond motifs is 4. The van der Waals surface area contributed by atoms with Crippen LogP contribution < -0.4 is 9.80 Å². The topological polar surface area (TPSA) is 9.72 Å². The lowest BCUT2D eigenvalue weighted by Gasteiger charge is -2.35. The van der Waals surface area contributed by atoms with Crippen molar-refractivity contribution in [3.05, 3.63) is 95.0 Å². The van der Waals surface area contributed by atoms with Gasteiger partial charge in [-0.15, -0.1) is 0 Å². The molecule has 4 aromatic carbocycles. The minimum absolute atomic E-state index is 0.483. The van der Waals surface area contributed by atoms with E-state index in [0.717, 1.165) is 49.1 Å². The molecule has 0 N–H and O–H groups in total. The Morgan fingerprint density at radius 1 is 0.600 bits per heavy atom. The van der Waals surface area contributed by atoms with Crippen molar-refractivity contribution in [1.29, 1.82) is 0 Å². The Labute approximate surface area is 256 Å². The second-order valence-corrected chi connectivity index (χ2v) is 13.5. The second kappa shape index (κ2) is 12.3. The molecule has 4 aromatic rings. The molecule has 6 rings (SSSR count). The predicted octanol–water partition coefficient (Wildman–Crippen LogP) is 10.4. The van der Waals surface area contributed by atoms with Gasteiger partial charge < -0.3 is 14.7 Å². The zero-order valence-corrected chi connectivity index (χ0v) is 26.0. The van der Waals surface area contributed by atoms with Crippen LogP contribution in [0, 0.1) is 0 Å². The van der Waals surface area contributed by atoms with Gasteiger partial charge in [0.2, 0.25) is 0 Å². The molecular weight excluding hydrogens is 573 g/mol. The molecule has 0 saturated heterocycles. The summed E-state index contributed by atoms with van der Waals surface area (Å²) in [5.74, 6) is 0. The predicted molar refractivity (Wildman–Crippen MR) is 174 cm³/mol. The van der Waals surface area contributed by atoms with Crippen LogP contribution >= 0.6 is 46.7 Å². The van der Waals surface area contributed by atoms with Crippen LogP contribution in [0.1, 0.15) is 26.7 Å². The number of para-hydroxylation sites is 2. The molecule has 2 aliphatic rings. The van der Waals surface area contributed by atoms with Crippen LogP contribution in [0.5, 0.6) is 0 Å². The van der Waals surface area contributed by atoms with Crippen LogP contribution in [-0.4, -0.2) is 37.1 Å². The van der Waals surface area contributed by atoms with Crippen molar-refractivity contribution in [3.8, 4) is 0 Å². The maximum Gasteiger partial charge on any atom is 0.0567 e. The Morgan fingerprint density at radius 3 is 1.48 bits per heavy atom. The van der Waals surface area contributed by atoms with Crippen LogP contribution in [0.25, 0.3) is 0 Å². The molecule has 206 valence electrons. The van der Waals surface area contributed by atoms with Crippen molar-refractivity contribution in [2.75, 3.05) is 36.0 Å². The van der Waals surface area contributed by atoms with Crippen LogP contribution in [0.2, 0.25) is 10.0 Å². The Morgan fingerprint density at radius 2 is 1.02 bits per heavy atom. The molecule has 0 amide bonds. The highest BCUT2D eigenvalue weighted by Gasteiger charge is 2.25. The molecule has 2 heterocycles. The summed E-state index contributed by atoms with van der Waals surface area (Å²) in [6.07, 6.45) is 2.15. The van der Waals surface area contributed by atoms with Gasteiger partial charge in [0.25, 0.3) is 0 Å². The number of hydrogen-bond acceptors (Lipinski definition) is 5. The fourth-order valence-electron chi connectivity index (χ4n) is 5.58. The van der Waals surface area contributed by atoms with Gasteiger partial charge in [0.05, 0.1) is 22.7 Å². The quantitative estimate of drug-likeness (QED) is 0.187. The third-order valence-electron chi connectivity index (χ3n) is 7.56. The molecule has 2 aliphatic heterocycles. The second-order valence-electron chi connectivity index (χ2n) is 10.5. The molecule has 0 atom stereocenters. The number of anilines is 4. The van der Waals surface area contributed by atoms with E-state index in [-0.39, 0.29) is 0 Å². The standard InChI is InChI=1S/C33H33Cl2N3S2/c1-23(2)36(17-7-19-37-26-9-3-5-11-30(26)39-32-15-13-24(34)21-28(32)37)18-8-20-38-27-10-4-6-12-31(27)40-33-16-14-25(35)22-29(33)38/h3-6,9-16,21-23H,7-8,17-20H2,1-2H3. The first-order chi connectivity index (χ1) is 19.5. The summed E-state index contributed by atoms with van der Waals surface area (Å²) >= 11 is 16.5. The fraction of sp³-hybridized carbons (Fsp3) is 0.273. The van der Waals surface area contributed by atoms with Gasteiger partial charge >= 0.3 is 0 Å². The van der Waals surface area contributed by atoms with E-state index in [1.54, 1.807) is 0 Å². The van der Waals surface area contributed by atoms with Crippen LogP contribution in [0.15, 0.2) is 105 Å². The Balaban J connectivity index is 1.12. The van der Waals surface area contributed by atoms with Crippen molar-refractivity contribution < 1.29 is 0 Å². The average Bonchev–Trinajstić information content (AvgIpc) is 2.95. The third kappa shape index (κ3) is 5.86. The summed E-state index contributed by atoms with van der Waals surface area (Å²) in [6, 6.07) is 30.4. The molecule has 0 saturated carbocycles. The lowest BCUT2D eigenvalue weighted by molar-refractivity contribution is 0.219. The van der Waals surface area contributed by atoms with Crippen LogP contribution in [0.3, 0.4) is 0 Å². The fourth-order valence-corrected chi connectivity index (χ4v) is 8.06. The third-order valence-corrected chi connectivity index (χ3v) is 10.3. The van der Waals surface area contributed by atoms with E-state index in [0.29, 0.717) is 6.04 Å². The van der Waals surface area contributed by atoms with Gasteiger partial charge in [0, 0.05) is 61.8 Å². The van der Waals surface area contributed by atoms with Gasteiger partial charge in [0.1, 0.15) is 0 Å². The first kappa shape index (κ1) is 27.9. The highest BCUT2D eigenvalue weighted by molar-refractivity contribution is 8.00. The van der Waals surface area contributed by atoms with Crippen LogP contribution in [-0.2, 0) is 0 Å². The summed E-state index contributed by atoms with van der Waals surface area (Å²) in [6.45, 7) is 8.63. The zero-order valence-electron chi connectivity index (χ0n) is 22.8. The van der Waals surface area contributed by atoms with Crippen molar-refractivity contribution in [1.82, 2.24) is 4.90 Å². The van der Waals surface area contributed by atoms with E-state index < -0.39 is 0 Å². The first-order valence-electron chi connectivity index (χ1n) is 13.9. The van der Waals surface area contributed by atoms with Crippen molar-refractivity contribution in [2.24, 2.45) is 0 Å². The number of rotatable bonds is 9. The summed E-state index contributed by atoms with van der Waals surface area (Å²) < 4.78 is 0. The molecule has 0 spiro atoms. The monoisotopic (exact) mass is 605 g/mol. The van der Waals surface area contributed by atoms with E-state index >= 15 is 0 Å². The first-order valence-corrected chi connectivity index (χ1v) is 16.3. The molecule has 3 nitrogen and oxygen atoms in total. The van der Waals surface area contributed by atoms with Gasteiger partial charge in [-0.25, -0.2) is 0 Å². The Hall–Kier alpha value is -2.28. The SMILES string of the molecule is CC(C)N(CCCN1c2ccccc2Sc2ccc(Cl)cc21)CCCN1c2ccccc2Sc2ccc(Cl)cc21. The van der Waals surface area contributed by atoms with E-state index in [9.17, 15) is 0 Å². The lowest BCUT2D eigenvalue weighted by atomic mass is 10.2. The maximum absolute atomic E-state index is 6.43. The lowest BCUT2D eigenvalue weighted by Crippen LogP contribution is -2.36. The number of benzene rings is 4. The molecule has 0 aromatic heterocycles. The zero-order chi connectivity index (χ0) is 27.6. The maximum atomic E-state index is 6.43. The van der Waals surface area contributed by atoms with Gasteiger partial charge in [-0.05, 0) is 87.4 Å². The van der Waals surface area contributed by atoms with Crippen molar-refractivity contribution >= 4 is 69.5 Å². The molecule has 0 fully saturated rings. The summed E-state index contributed by atoms with van der Waals surface area (Å²) in [4.78, 5) is 12.7. The summed E-state index contributed by atoms with van der Waals surface area (Å²) in [5, 5.41) is 1.57. The Bertz CT molecular complexity index is 1400. The molecule has 0 aliphatic carbocycles. The van der Waals surface area contributed by atoms with E-state index in [1.165, 1.54) is 42.3 Å². The minimum atomic E-state index is 0.483. The molecule has 0 unspecified atom stereocenters. The van der Waals surface area contributed by atoms with Crippen molar-refractivity contribution in [3.63, 3.8) is 0 Å². The number of nitrogens with zero attached hydrogens (tertiary/aromatic N) is 3. The van der Waals surface area contributed by atoms with E-state index in [4.69, 9.17) is 23.2 Å². The Kier molecular flexibility index (Phi) is 8.57. The molecule has 0 bridgehead atoms. The summed E-state index contributed by atoms with van der Waals surface area (Å²) in [5.41, 5.74) is 4.98. The molecular formula is C33H33Cl2N3S2. The average molecular weight is 607 g/mol. The van der Waals surface area contributed by atoms with E-state index in [2.05, 4.69) is 101 Å². The van der Waals surface area contributed by atoms with Gasteiger partial charge in [0.15, 0.2) is 0 Å². The van der Waals surface area contributed by atoms with Crippen molar-refractivity contribution in [2.45, 2.75) is 52.3 Å². The van der Waals surface area contributed by atoms with Gasteiger partial charge in [-0.3, -0.25) is 0 Å². The smallest absolute Gasteiger partial charge is 0.0567 e. The highest BCUT2D eigenvalue weighted by Crippen LogP contribution is 2.50. The largest absolute Gasteiger partial charge is 0.340 e. The number of halogens is 2. The van der Waals surface area contributed by atoms with E-state index in [1.807, 2.05) is 35.7 Å². The normalized spacial score (nSPS) is 13.8.